The monoisotopic (exact) mass is 555 g/mol. The molecule has 5 aromatic rings. The summed E-state index contributed by atoms with van der Waals surface area (Å²) >= 11 is 0. The smallest absolute Gasteiger partial charge is 0.311 e. The van der Waals surface area contributed by atoms with Crippen LogP contribution >= 0.6 is 0 Å². The fourth-order valence-electron chi connectivity index (χ4n) is 4.64. The highest BCUT2D eigenvalue weighted by Gasteiger charge is 2.15. The molecule has 0 aliphatic rings. The molecular weight excluding hydrogens is 526 g/mol. The summed E-state index contributed by atoms with van der Waals surface area (Å²) in [5, 5.41) is 21.5. The summed E-state index contributed by atoms with van der Waals surface area (Å²) in [6.45, 7) is 8.44. The fraction of sp³-hybridized carbons (Fsp3) is 0.143. The quantitative estimate of drug-likeness (QED) is 0.144. The maximum atomic E-state index is 13.7. The Kier molecular flexibility index (Phi) is 7.47. The highest BCUT2D eigenvalue weighted by molar-refractivity contribution is 5.80. The van der Waals surface area contributed by atoms with Gasteiger partial charge in [0.05, 0.1) is 21.5 Å². The molecule has 0 bridgehead atoms. The molecule has 0 amide bonds. The highest BCUT2D eigenvalue weighted by Crippen LogP contribution is 2.27. The van der Waals surface area contributed by atoms with Gasteiger partial charge < -0.3 is 5.11 Å². The number of aryl methyl sites for hydroxylation is 1. The molecular formula is C35H29N3O4. The lowest BCUT2D eigenvalue weighted by Gasteiger charge is -2.18. The van der Waals surface area contributed by atoms with Crippen LogP contribution in [0.15, 0.2) is 89.7 Å². The van der Waals surface area contributed by atoms with Crippen molar-refractivity contribution in [2.24, 2.45) is 0 Å². The molecule has 1 aromatic heterocycles. The summed E-state index contributed by atoms with van der Waals surface area (Å²) in [5.74, 6) is 6.38. The molecule has 0 saturated carbocycles. The van der Waals surface area contributed by atoms with Crippen LogP contribution in [0.25, 0.3) is 28.7 Å². The van der Waals surface area contributed by atoms with E-state index in [9.17, 15) is 20.0 Å². The van der Waals surface area contributed by atoms with Crippen LogP contribution in [0.2, 0.25) is 0 Å². The Hall–Kier alpha value is -5.48. The second kappa shape index (κ2) is 11.2. The van der Waals surface area contributed by atoms with Crippen LogP contribution in [0.1, 0.15) is 54.4 Å². The molecule has 0 atom stereocenters. The van der Waals surface area contributed by atoms with E-state index in [0.717, 1.165) is 16.7 Å². The zero-order valence-corrected chi connectivity index (χ0v) is 23.8. The number of phenolic OH excluding ortho intramolecular Hbond substituents is 1. The third-order valence-corrected chi connectivity index (χ3v) is 6.96. The predicted molar refractivity (Wildman–Crippen MR) is 167 cm³/mol. The van der Waals surface area contributed by atoms with Crippen LogP contribution in [0.4, 0.5) is 5.69 Å². The maximum absolute atomic E-state index is 13.7. The second-order valence-corrected chi connectivity index (χ2v) is 11.0. The minimum absolute atomic E-state index is 0.0741. The molecule has 0 saturated heterocycles. The van der Waals surface area contributed by atoms with Gasteiger partial charge in [-0.3, -0.25) is 19.5 Å². The van der Waals surface area contributed by atoms with Crippen molar-refractivity contribution >= 4 is 28.7 Å². The third kappa shape index (κ3) is 5.84. The van der Waals surface area contributed by atoms with E-state index >= 15 is 0 Å². The van der Waals surface area contributed by atoms with E-state index in [0.29, 0.717) is 28.0 Å². The predicted octanol–water partition coefficient (Wildman–Crippen LogP) is 7.18. The Labute approximate surface area is 243 Å². The lowest BCUT2D eigenvalue weighted by Crippen LogP contribution is -2.23. The first kappa shape index (κ1) is 28.1. The lowest BCUT2D eigenvalue weighted by atomic mass is 9.87. The number of benzene rings is 4. The number of rotatable bonds is 4. The normalized spacial score (nSPS) is 11.4. The highest BCUT2D eigenvalue weighted by atomic mass is 16.6. The standard InChI is InChI=1S/C35H29N3O4/c1-23-21-25(10-9-24-11-16-27(17-12-24)35(2,3)4)13-18-30(23)37-33(36-29-8-6-5-7-28(29)34(37)40)20-15-26-14-19-32(39)31(22-26)38(41)42/h5-8,11-22,39H,1-4H3. The van der Waals surface area contributed by atoms with Crippen LogP contribution in [-0.4, -0.2) is 19.6 Å². The minimum Gasteiger partial charge on any atom is -0.502 e. The molecule has 0 aliphatic carbocycles. The van der Waals surface area contributed by atoms with E-state index in [1.807, 2.05) is 43.3 Å². The fourth-order valence-corrected chi connectivity index (χ4v) is 4.64. The van der Waals surface area contributed by atoms with Crippen LogP contribution in [0, 0.1) is 28.9 Å². The van der Waals surface area contributed by atoms with Gasteiger partial charge in [0.25, 0.3) is 5.56 Å². The number of nitro benzene ring substituents is 1. The van der Waals surface area contributed by atoms with Gasteiger partial charge in [0.2, 0.25) is 0 Å². The van der Waals surface area contributed by atoms with Crippen molar-refractivity contribution in [3.05, 3.63) is 139 Å². The molecule has 208 valence electrons. The Morgan fingerprint density at radius 1 is 0.905 bits per heavy atom. The van der Waals surface area contributed by atoms with Crippen LogP contribution < -0.4 is 5.56 Å². The number of para-hydroxylation sites is 1. The number of fused-ring (bicyclic) bond motifs is 1. The molecule has 42 heavy (non-hydrogen) atoms. The van der Waals surface area contributed by atoms with Crippen molar-refractivity contribution in [3.63, 3.8) is 0 Å². The van der Waals surface area contributed by atoms with Crippen molar-refractivity contribution < 1.29 is 10.0 Å². The molecule has 7 nitrogen and oxygen atoms in total. The second-order valence-electron chi connectivity index (χ2n) is 11.0. The van der Waals surface area contributed by atoms with Crippen molar-refractivity contribution in [1.82, 2.24) is 9.55 Å². The van der Waals surface area contributed by atoms with Gasteiger partial charge in [-0.2, -0.15) is 0 Å². The van der Waals surface area contributed by atoms with E-state index in [-0.39, 0.29) is 11.0 Å². The first-order valence-electron chi connectivity index (χ1n) is 13.4. The Balaban J connectivity index is 1.55. The van der Waals surface area contributed by atoms with Gasteiger partial charge >= 0.3 is 5.69 Å². The average molecular weight is 556 g/mol. The van der Waals surface area contributed by atoms with Crippen molar-refractivity contribution in [2.75, 3.05) is 0 Å². The Morgan fingerprint density at radius 3 is 2.29 bits per heavy atom. The number of hydrogen-bond acceptors (Lipinski definition) is 5. The van der Waals surface area contributed by atoms with Gasteiger partial charge in [0, 0.05) is 17.2 Å². The zero-order chi connectivity index (χ0) is 30.0. The molecule has 4 aromatic carbocycles. The van der Waals surface area contributed by atoms with Crippen molar-refractivity contribution in [1.29, 1.82) is 0 Å². The summed E-state index contributed by atoms with van der Waals surface area (Å²) in [6, 6.07) is 25.1. The SMILES string of the molecule is Cc1cc(C#Cc2ccc(C(C)(C)C)cc2)ccc1-n1c(C=Cc2ccc(O)c([N+](=O)[O-])c2)nc2ccccc2c1=O. The summed E-state index contributed by atoms with van der Waals surface area (Å²) in [5.41, 5.74) is 4.90. The molecule has 0 spiro atoms. The van der Waals surface area contributed by atoms with Gasteiger partial charge in [-0.15, -0.1) is 0 Å². The van der Waals surface area contributed by atoms with E-state index in [4.69, 9.17) is 4.98 Å². The number of nitrogens with zero attached hydrogens (tertiary/aromatic N) is 3. The zero-order valence-electron chi connectivity index (χ0n) is 23.8. The minimum atomic E-state index is -0.647. The van der Waals surface area contributed by atoms with E-state index in [1.54, 1.807) is 36.4 Å². The molecule has 0 fully saturated rings. The lowest BCUT2D eigenvalue weighted by molar-refractivity contribution is -0.385. The number of aromatic nitrogens is 2. The van der Waals surface area contributed by atoms with Crippen LogP contribution in [0.5, 0.6) is 5.75 Å². The van der Waals surface area contributed by atoms with Crippen LogP contribution in [-0.2, 0) is 5.41 Å². The van der Waals surface area contributed by atoms with E-state index in [2.05, 4.69) is 44.7 Å². The van der Waals surface area contributed by atoms with Gasteiger partial charge in [0.1, 0.15) is 5.82 Å². The summed E-state index contributed by atoms with van der Waals surface area (Å²) in [7, 11) is 0. The van der Waals surface area contributed by atoms with Gasteiger partial charge in [-0.25, -0.2) is 4.98 Å². The molecule has 0 radical (unpaired) electrons. The summed E-state index contributed by atoms with van der Waals surface area (Å²) < 4.78 is 1.53. The summed E-state index contributed by atoms with van der Waals surface area (Å²) in [6.07, 6.45) is 3.26. The molecule has 1 N–H and O–H groups in total. The van der Waals surface area contributed by atoms with Gasteiger partial charge in [-0.1, -0.05) is 69.0 Å². The van der Waals surface area contributed by atoms with Crippen molar-refractivity contribution in [2.45, 2.75) is 33.1 Å². The van der Waals surface area contributed by atoms with E-state index < -0.39 is 16.4 Å². The first-order chi connectivity index (χ1) is 20.0. The average Bonchev–Trinajstić information content (AvgIpc) is 2.96. The number of phenols is 1. The first-order valence-corrected chi connectivity index (χ1v) is 13.4. The number of hydrogen-bond donors (Lipinski definition) is 1. The van der Waals surface area contributed by atoms with Gasteiger partial charge in [0.15, 0.2) is 5.75 Å². The number of aromatic hydroxyl groups is 1. The number of nitro groups is 1. The Morgan fingerprint density at radius 2 is 1.60 bits per heavy atom. The molecule has 7 heteroatoms. The summed E-state index contributed by atoms with van der Waals surface area (Å²) in [4.78, 5) is 29.1. The van der Waals surface area contributed by atoms with Crippen molar-refractivity contribution in [3.8, 4) is 23.3 Å². The van der Waals surface area contributed by atoms with Crippen LogP contribution in [0.3, 0.4) is 0 Å². The molecule has 0 aliphatic heterocycles. The maximum Gasteiger partial charge on any atom is 0.311 e. The third-order valence-electron chi connectivity index (χ3n) is 6.96. The molecule has 1 heterocycles. The molecule has 0 unspecified atom stereocenters. The van der Waals surface area contributed by atoms with E-state index in [1.165, 1.54) is 22.3 Å². The molecule has 5 rings (SSSR count). The topological polar surface area (TPSA) is 98.3 Å². The Bertz CT molecular complexity index is 1990. The largest absolute Gasteiger partial charge is 0.502 e. The van der Waals surface area contributed by atoms with Gasteiger partial charge in [-0.05, 0) is 83.6 Å².